The quantitative estimate of drug-likeness (QED) is 0.729. The van der Waals surface area contributed by atoms with Gasteiger partial charge in [0.1, 0.15) is 10.8 Å². The Balaban J connectivity index is 1.78. The van der Waals surface area contributed by atoms with E-state index in [4.69, 9.17) is 4.74 Å². The van der Waals surface area contributed by atoms with Gasteiger partial charge >= 0.3 is 0 Å². The molecule has 0 unspecified atom stereocenters. The number of ether oxygens (including phenoxy) is 1. The molecule has 0 aliphatic rings. The van der Waals surface area contributed by atoms with Gasteiger partial charge in [0.05, 0.1) is 6.61 Å². The average Bonchev–Trinajstić information content (AvgIpc) is 3.11. The second-order valence-electron chi connectivity index (χ2n) is 5.29. The molecule has 122 valence electrons. The molecule has 0 bridgehead atoms. The molecular formula is C19H18N2O2S. The molecular weight excluding hydrogens is 320 g/mol. The maximum Gasteiger partial charge on any atom is 0.255 e. The van der Waals surface area contributed by atoms with Crippen molar-refractivity contribution in [3.8, 4) is 16.3 Å². The van der Waals surface area contributed by atoms with Crippen molar-refractivity contribution < 1.29 is 9.53 Å². The molecule has 1 amide bonds. The lowest BCUT2D eigenvalue weighted by atomic mass is 10.1. The van der Waals surface area contributed by atoms with Gasteiger partial charge in [0.25, 0.3) is 5.91 Å². The van der Waals surface area contributed by atoms with Crippen LogP contribution < -0.4 is 10.1 Å². The first-order valence-electron chi connectivity index (χ1n) is 7.72. The van der Waals surface area contributed by atoms with Crippen LogP contribution in [-0.2, 0) is 0 Å². The number of aryl methyl sites for hydroxylation is 1. The van der Waals surface area contributed by atoms with Gasteiger partial charge < -0.3 is 10.1 Å². The van der Waals surface area contributed by atoms with E-state index in [1.165, 1.54) is 0 Å². The van der Waals surface area contributed by atoms with Crippen molar-refractivity contribution in [2.75, 3.05) is 11.9 Å². The molecule has 4 nitrogen and oxygen atoms in total. The van der Waals surface area contributed by atoms with Gasteiger partial charge in [0.2, 0.25) is 0 Å². The van der Waals surface area contributed by atoms with Crippen LogP contribution in [0, 0.1) is 6.92 Å². The van der Waals surface area contributed by atoms with Gasteiger partial charge in [-0.2, -0.15) is 0 Å². The van der Waals surface area contributed by atoms with Crippen LogP contribution in [0.25, 0.3) is 10.6 Å². The third-order valence-corrected chi connectivity index (χ3v) is 4.36. The predicted octanol–water partition coefficient (Wildman–Crippen LogP) is 4.77. The summed E-state index contributed by atoms with van der Waals surface area (Å²) in [4.78, 5) is 16.8. The van der Waals surface area contributed by atoms with Crippen molar-refractivity contribution in [2.45, 2.75) is 13.8 Å². The van der Waals surface area contributed by atoms with Gasteiger partial charge in [-0.15, -0.1) is 11.3 Å². The smallest absolute Gasteiger partial charge is 0.255 e. The number of amides is 1. The summed E-state index contributed by atoms with van der Waals surface area (Å²) in [5.74, 6) is 0.664. The zero-order valence-corrected chi connectivity index (χ0v) is 14.4. The highest BCUT2D eigenvalue weighted by Crippen LogP contribution is 2.25. The topological polar surface area (TPSA) is 51.2 Å². The van der Waals surface area contributed by atoms with Crippen molar-refractivity contribution in [2.24, 2.45) is 0 Å². The van der Waals surface area contributed by atoms with E-state index >= 15 is 0 Å². The van der Waals surface area contributed by atoms with Crippen LogP contribution in [0.5, 0.6) is 5.75 Å². The minimum absolute atomic E-state index is 0.141. The van der Waals surface area contributed by atoms with Crippen molar-refractivity contribution in [1.29, 1.82) is 0 Å². The number of carbonyl (C=O) groups excluding carboxylic acids is 1. The average molecular weight is 338 g/mol. The van der Waals surface area contributed by atoms with Gasteiger partial charge in [-0.05, 0) is 49.7 Å². The van der Waals surface area contributed by atoms with E-state index < -0.39 is 0 Å². The standard InChI is InChI=1S/C19H18N2O2S/c1-3-23-17-8-7-14(11-13(17)2)18(22)21-16-6-4-5-15(12-16)19-20-9-10-24-19/h4-12H,3H2,1-2H3,(H,21,22). The van der Waals surface area contributed by atoms with Gasteiger partial charge in [-0.1, -0.05) is 12.1 Å². The van der Waals surface area contributed by atoms with E-state index in [-0.39, 0.29) is 5.91 Å². The van der Waals surface area contributed by atoms with E-state index in [1.807, 2.05) is 55.6 Å². The number of benzene rings is 2. The Morgan fingerprint density at radius 3 is 2.83 bits per heavy atom. The second kappa shape index (κ2) is 7.27. The minimum atomic E-state index is -0.141. The molecule has 0 fully saturated rings. The van der Waals surface area contributed by atoms with Crippen LogP contribution in [0.3, 0.4) is 0 Å². The lowest BCUT2D eigenvalue weighted by Gasteiger charge is -2.10. The molecule has 1 aromatic heterocycles. The van der Waals surface area contributed by atoms with Crippen LogP contribution in [0.2, 0.25) is 0 Å². The lowest BCUT2D eigenvalue weighted by molar-refractivity contribution is 0.102. The molecule has 3 rings (SSSR count). The summed E-state index contributed by atoms with van der Waals surface area (Å²) in [5, 5.41) is 5.80. The number of thiazole rings is 1. The molecule has 0 saturated carbocycles. The molecule has 0 aliphatic carbocycles. The Kier molecular flexibility index (Phi) is 4.91. The largest absolute Gasteiger partial charge is 0.494 e. The van der Waals surface area contributed by atoms with E-state index in [9.17, 15) is 4.79 Å². The lowest BCUT2D eigenvalue weighted by Crippen LogP contribution is -2.12. The molecule has 0 saturated heterocycles. The van der Waals surface area contributed by atoms with Crippen LogP contribution in [0.15, 0.2) is 54.0 Å². The second-order valence-corrected chi connectivity index (χ2v) is 6.18. The molecule has 3 aromatic rings. The van der Waals surface area contributed by atoms with Crippen molar-refractivity contribution in [1.82, 2.24) is 4.98 Å². The van der Waals surface area contributed by atoms with Crippen LogP contribution >= 0.6 is 11.3 Å². The van der Waals surface area contributed by atoms with Crippen LogP contribution in [0.1, 0.15) is 22.8 Å². The van der Waals surface area contributed by atoms with Gasteiger partial charge in [-0.25, -0.2) is 4.98 Å². The fraction of sp³-hybridized carbons (Fsp3) is 0.158. The number of nitrogens with one attached hydrogen (secondary N) is 1. The summed E-state index contributed by atoms with van der Waals surface area (Å²) in [5.41, 5.74) is 3.29. The normalized spacial score (nSPS) is 10.4. The van der Waals surface area contributed by atoms with E-state index in [0.717, 1.165) is 27.6 Å². The molecule has 24 heavy (non-hydrogen) atoms. The minimum Gasteiger partial charge on any atom is -0.494 e. The zero-order chi connectivity index (χ0) is 16.9. The van der Waals surface area contributed by atoms with Crippen LogP contribution in [0.4, 0.5) is 5.69 Å². The number of hydrogen-bond acceptors (Lipinski definition) is 4. The molecule has 0 aliphatic heterocycles. The Hall–Kier alpha value is -2.66. The van der Waals surface area contributed by atoms with Crippen molar-refractivity contribution in [3.63, 3.8) is 0 Å². The molecule has 5 heteroatoms. The number of rotatable bonds is 5. The number of aromatic nitrogens is 1. The summed E-state index contributed by atoms with van der Waals surface area (Å²) < 4.78 is 5.51. The maximum atomic E-state index is 12.5. The first-order chi connectivity index (χ1) is 11.7. The summed E-state index contributed by atoms with van der Waals surface area (Å²) in [6.45, 7) is 4.48. The van der Waals surface area contributed by atoms with Gasteiger partial charge in [0.15, 0.2) is 0 Å². The van der Waals surface area contributed by atoms with Gasteiger partial charge in [-0.3, -0.25) is 4.79 Å². The molecule has 0 radical (unpaired) electrons. The van der Waals surface area contributed by atoms with E-state index in [2.05, 4.69) is 10.3 Å². The predicted molar refractivity (Wildman–Crippen MR) is 97.9 cm³/mol. The highest BCUT2D eigenvalue weighted by molar-refractivity contribution is 7.13. The first-order valence-corrected chi connectivity index (χ1v) is 8.60. The number of anilines is 1. The number of hydrogen-bond donors (Lipinski definition) is 1. The Morgan fingerprint density at radius 2 is 2.12 bits per heavy atom. The third kappa shape index (κ3) is 3.63. The zero-order valence-electron chi connectivity index (χ0n) is 13.6. The fourth-order valence-corrected chi connectivity index (χ4v) is 3.04. The van der Waals surface area contributed by atoms with Crippen molar-refractivity contribution >= 4 is 22.9 Å². The Morgan fingerprint density at radius 1 is 1.25 bits per heavy atom. The molecule has 1 N–H and O–H groups in total. The van der Waals surface area contributed by atoms with Gasteiger partial charge in [0, 0.05) is 28.4 Å². The number of carbonyl (C=O) groups is 1. The third-order valence-electron chi connectivity index (χ3n) is 3.54. The van der Waals surface area contributed by atoms with E-state index in [1.54, 1.807) is 23.6 Å². The Labute approximate surface area is 145 Å². The molecule has 2 aromatic carbocycles. The maximum absolute atomic E-state index is 12.5. The number of nitrogens with zero attached hydrogens (tertiary/aromatic N) is 1. The Bertz CT molecular complexity index is 844. The SMILES string of the molecule is CCOc1ccc(C(=O)Nc2cccc(-c3nccs3)c2)cc1C. The fourth-order valence-electron chi connectivity index (χ4n) is 2.41. The highest BCUT2D eigenvalue weighted by Gasteiger charge is 2.10. The summed E-state index contributed by atoms with van der Waals surface area (Å²) in [6.07, 6.45) is 1.77. The van der Waals surface area contributed by atoms with Crippen molar-refractivity contribution in [3.05, 3.63) is 65.2 Å². The molecule has 0 atom stereocenters. The van der Waals surface area contributed by atoms with E-state index in [0.29, 0.717) is 12.2 Å². The summed E-state index contributed by atoms with van der Waals surface area (Å²) in [6, 6.07) is 13.1. The summed E-state index contributed by atoms with van der Waals surface area (Å²) in [7, 11) is 0. The highest BCUT2D eigenvalue weighted by atomic mass is 32.1. The summed E-state index contributed by atoms with van der Waals surface area (Å²) >= 11 is 1.57. The van der Waals surface area contributed by atoms with Crippen LogP contribution in [-0.4, -0.2) is 17.5 Å². The monoisotopic (exact) mass is 338 g/mol. The molecule has 0 spiro atoms. The first kappa shape index (κ1) is 16.2. The molecule has 1 heterocycles.